The van der Waals surface area contributed by atoms with Crippen LogP contribution in [0.25, 0.3) is 0 Å². The second kappa shape index (κ2) is 6.89. The van der Waals surface area contributed by atoms with E-state index < -0.39 is 0 Å². The number of hydrogen-bond donors (Lipinski definition) is 0. The summed E-state index contributed by atoms with van der Waals surface area (Å²) in [6.45, 7) is 7.93. The molecule has 1 aliphatic heterocycles. The van der Waals surface area contributed by atoms with Gasteiger partial charge in [0, 0.05) is 51.1 Å². The van der Waals surface area contributed by atoms with Crippen LogP contribution in [0.5, 0.6) is 5.88 Å². The maximum atomic E-state index is 5.29. The molecule has 0 unspecified atom stereocenters. The predicted molar refractivity (Wildman–Crippen MR) is 82.6 cm³/mol. The van der Waals surface area contributed by atoms with Crippen molar-refractivity contribution in [2.75, 3.05) is 33.3 Å². The molecule has 0 aliphatic carbocycles. The fourth-order valence-corrected chi connectivity index (χ4v) is 2.74. The summed E-state index contributed by atoms with van der Waals surface area (Å²) in [6, 6.07) is 6.06. The van der Waals surface area contributed by atoms with Crippen molar-refractivity contribution in [1.29, 1.82) is 0 Å². The lowest BCUT2D eigenvalue weighted by atomic mass is 10.2. The molecule has 6 nitrogen and oxygen atoms in total. The van der Waals surface area contributed by atoms with E-state index in [0.717, 1.165) is 50.7 Å². The topological polar surface area (TPSA) is 54.6 Å². The van der Waals surface area contributed by atoms with Crippen LogP contribution in [0.4, 0.5) is 0 Å². The molecule has 0 radical (unpaired) electrons. The molecule has 1 fully saturated rings. The summed E-state index contributed by atoms with van der Waals surface area (Å²) in [5.74, 6) is 1.63. The third kappa shape index (κ3) is 3.84. The number of aryl methyl sites for hydroxylation is 1. The third-order valence-electron chi connectivity index (χ3n) is 3.94. The summed E-state index contributed by atoms with van der Waals surface area (Å²) in [5, 5.41) is 3.94. The monoisotopic (exact) mass is 302 g/mol. The van der Waals surface area contributed by atoms with E-state index in [1.807, 2.05) is 25.1 Å². The number of piperazine rings is 1. The average molecular weight is 302 g/mol. The summed E-state index contributed by atoms with van der Waals surface area (Å²) in [4.78, 5) is 9.01. The Kier molecular flexibility index (Phi) is 4.70. The van der Waals surface area contributed by atoms with Crippen LogP contribution in [-0.4, -0.2) is 53.2 Å². The highest BCUT2D eigenvalue weighted by Gasteiger charge is 2.18. The molecule has 2 aromatic rings. The van der Waals surface area contributed by atoms with Gasteiger partial charge in [-0.25, -0.2) is 4.98 Å². The lowest BCUT2D eigenvalue weighted by Gasteiger charge is -2.34. The molecule has 1 saturated heterocycles. The minimum Gasteiger partial charge on any atom is -0.481 e. The molecule has 3 rings (SSSR count). The molecule has 1 aliphatic rings. The van der Waals surface area contributed by atoms with Gasteiger partial charge in [0.2, 0.25) is 5.88 Å². The molecular formula is C16H22N4O2. The molecule has 0 spiro atoms. The van der Waals surface area contributed by atoms with E-state index in [4.69, 9.17) is 9.26 Å². The number of methoxy groups -OCH3 is 1. The highest BCUT2D eigenvalue weighted by molar-refractivity contribution is 5.20. The highest BCUT2D eigenvalue weighted by Crippen LogP contribution is 2.14. The lowest BCUT2D eigenvalue weighted by molar-refractivity contribution is 0.113. The van der Waals surface area contributed by atoms with Gasteiger partial charge in [0.05, 0.1) is 19.3 Å². The normalized spacial score (nSPS) is 16.8. The second-order valence-corrected chi connectivity index (χ2v) is 5.69. The zero-order chi connectivity index (χ0) is 15.4. The van der Waals surface area contributed by atoms with Gasteiger partial charge in [0.1, 0.15) is 0 Å². The zero-order valence-electron chi connectivity index (χ0n) is 13.2. The van der Waals surface area contributed by atoms with E-state index in [1.54, 1.807) is 13.3 Å². The molecule has 118 valence electrons. The third-order valence-corrected chi connectivity index (χ3v) is 3.94. The van der Waals surface area contributed by atoms with Crippen molar-refractivity contribution < 1.29 is 9.26 Å². The van der Waals surface area contributed by atoms with Gasteiger partial charge in [-0.1, -0.05) is 5.16 Å². The van der Waals surface area contributed by atoms with E-state index in [1.165, 1.54) is 5.56 Å². The second-order valence-electron chi connectivity index (χ2n) is 5.69. The molecule has 0 N–H and O–H groups in total. The van der Waals surface area contributed by atoms with Gasteiger partial charge in [0.15, 0.2) is 5.76 Å². The molecule has 6 heteroatoms. The van der Waals surface area contributed by atoms with E-state index in [-0.39, 0.29) is 0 Å². The van der Waals surface area contributed by atoms with E-state index in [0.29, 0.717) is 5.88 Å². The van der Waals surface area contributed by atoms with Gasteiger partial charge in [0.25, 0.3) is 0 Å². The summed E-state index contributed by atoms with van der Waals surface area (Å²) in [7, 11) is 1.65. The number of pyridine rings is 1. The van der Waals surface area contributed by atoms with E-state index >= 15 is 0 Å². The van der Waals surface area contributed by atoms with Gasteiger partial charge >= 0.3 is 0 Å². The molecule has 0 atom stereocenters. The minimum absolute atomic E-state index is 0.678. The van der Waals surface area contributed by atoms with E-state index in [9.17, 15) is 0 Å². The summed E-state index contributed by atoms with van der Waals surface area (Å²) < 4.78 is 10.5. The Morgan fingerprint density at radius 1 is 1.14 bits per heavy atom. The Hall–Kier alpha value is -1.92. The first-order valence-electron chi connectivity index (χ1n) is 7.59. The molecule has 0 bridgehead atoms. The van der Waals surface area contributed by atoms with Crippen LogP contribution in [0.3, 0.4) is 0 Å². The molecule has 2 aromatic heterocycles. The Labute approximate surface area is 130 Å². The van der Waals surface area contributed by atoms with Crippen LogP contribution in [0.15, 0.2) is 28.9 Å². The van der Waals surface area contributed by atoms with E-state index in [2.05, 4.69) is 19.9 Å². The summed E-state index contributed by atoms with van der Waals surface area (Å²) >= 11 is 0. The van der Waals surface area contributed by atoms with Crippen LogP contribution in [0.1, 0.15) is 17.0 Å². The molecule has 0 saturated carbocycles. The Morgan fingerprint density at radius 3 is 2.50 bits per heavy atom. The summed E-state index contributed by atoms with van der Waals surface area (Å²) in [6.07, 6.45) is 1.80. The van der Waals surface area contributed by atoms with Crippen molar-refractivity contribution in [3.05, 3.63) is 41.4 Å². The Balaban J connectivity index is 1.49. The average Bonchev–Trinajstić information content (AvgIpc) is 2.94. The van der Waals surface area contributed by atoms with Crippen molar-refractivity contribution in [3.63, 3.8) is 0 Å². The predicted octanol–water partition coefficient (Wildman–Crippen LogP) is 1.70. The number of ether oxygens (including phenoxy) is 1. The number of nitrogens with zero attached hydrogens (tertiary/aromatic N) is 4. The van der Waals surface area contributed by atoms with Gasteiger partial charge in [-0.15, -0.1) is 0 Å². The van der Waals surface area contributed by atoms with Crippen LogP contribution < -0.4 is 4.74 Å². The first kappa shape index (κ1) is 15.0. The van der Waals surface area contributed by atoms with Gasteiger partial charge < -0.3 is 9.26 Å². The molecule has 22 heavy (non-hydrogen) atoms. The molecule has 3 heterocycles. The largest absolute Gasteiger partial charge is 0.481 e. The first-order chi connectivity index (χ1) is 10.7. The van der Waals surface area contributed by atoms with Crippen molar-refractivity contribution in [2.24, 2.45) is 0 Å². The van der Waals surface area contributed by atoms with Crippen molar-refractivity contribution in [2.45, 2.75) is 20.0 Å². The summed E-state index contributed by atoms with van der Waals surface area (Å²) in [5.41, 5.74) is 2.19. The number of aromatic nitrogens is 2. The van der Waals surface area contributed by atoms with Crippen molar-refractivity contribution in [3.8, 4) is 5.88 Å². The van der Waals surface area contributed by atoms with Crippen molar-refractivity contribution in [1.82, 2.24) is 19.9 Å². The molecule has 0 amide bonds. The maximum absolute atomic E-state index is 5.29. The van der Waals surface area contributed by atoms with Gasteiger partial charge in [-0.2, -0.15) is 0 Å². The van der Waals surface area contributed by atoms with Crippen LogP contribution >= 0.6 is 0 Å². The number of hydrogen-bond acceptors (Lipinski definition) is 6. The Morgan fingerprint density at radius 2 is 1.86 bits per heavy atom. The minimum atomic E-state index is 0.678. The Bertz CT molecular complexity index is 606. The fraction of sp³-hybridized carbons (Fsp3) is 0.500. The lowest BCUT2D eigenvalue weighted by Crippen LogP contribution is -2.45. The van der Waals surface area contributed by atoms with Gasteiger partial charge in [-0.3, -0.25) is 9.80 Å². The SMILES string of the molecule is COc1cc(CN2CCN(Cc3cc(C)no3)CC2)ccn1. The van der Waals surface area contributed by atoms with Gasteiger partial charge in [-0.05, 0) is 18.6 Å². The first-order valence-corrected chi connectivity index (χ1v) is 7.59. The fourth-order valence-electron chi connectivity index (χ4n) is 2.74. The van der Waals surface area contributed by atoms with Crippen molar-refractivity contribution >= 4 is 0 Å². The smallest absolute Gasteiger partial charge is 0.213 e. The quantitative estimate of drug-likeness (QED) is 0.838. The number of rotatable bonds is 5. The van der Waals surface area contributed by atoms with Crippen LogP contribution in [0, 0.1) is 6.92 Å². The maximum Gasteiger partial charge on any atom is 0.213 e. The molecule has 0 aromatic carbocycles. The van der Waals surface area contributed by atoms with Crippen LogP contribution in [0.2, 0.25) is 0 Å². The van der Waals surface area contributed by atoms with Crippen LogP contribution in [-0.2, 0) is 13.1 Å². The molecular weight excluding hydrogens is 280 g/mol. The highest BCUT2D eigenvalue weighted by atomic mass is 16.5. The standard InChI is InChI=1S/C16H22N4O2/c1-13-9-15(22-18-13)12-20-7-5-19(6-8-20)11-14-3-4-17-16(10-14)21-2/h3-4,9-10H,5-8,11-12H2,1-2H3. The zero-order valence-corrected chi connectivity index (χ0v) is 13.2.